The molecule has 0 amide bonds. The minimum atomic E-state index is 0.0402. The number of halogens is 2. The molecule has 2 unspecified atom stereocenters. The second kappa shape index (κ2) is 4.99. The number of hydrogen-bond donors (Lipinski definition) is 0. The van der Waals surface area contributed by atoms with Crippen molar-refractivity contribution in [2.45, 2.75) is 12.3 Å². The maximum Gasteiger partial charge on any atom is 0.168 e. The lowest BCUT2D eigenvalue weighted by Crippen LogP contribution is -2.04. The quantitative estimate of drug-likeness (QED) is 0.729. The number of benzene rings is 2. The molecule has 0 aliphatic heterocycles. The van der Waals surface area contributed by atoms with Gasteiger partial charge in [0.25, 0.3) is 0 Å². The Morgan fingerprint density at radius 3 is 2.53 bits per heavy atom. The Kier molecular flexibility index (Phi) is 3.34. The zero-order valence-electron chi connectivity index (χ0n) is 10.1. The lowest BCUT2D eigenvalue weighted by atomic mass is 10.0. The SMILES string of the molecule is O=C(c1cc(Cl)ccc1Cl)C1CC1c1ccccc1. The van der Waals surface area contributed by atoms with Crippen molar-refractivity contribution in [2.24, 2.45) is 5.92 Å². The zero-order chi connectivity index (χ0) is 13.4. The number of ketones is 1. The first-order valence-electron chi connectivity index (χ1n) is 6.21. The lowest BCUT2D eigenvalue weighted by molar-refractivity contribution is 0.0965. The Morgan fingerprint density at radius 2 is 1.79 bits per heavy atom. The molecular weight excluding hydrogens is 279 g/mol. The highest BCUT2D eigenvalue weighted by Crippen LogP contribution is 2.49. The molecule has 0 aromatic heterocycles. The van der Waals surface area contributed by atoms with Gasteiger partial charge in [-0.05, 0) is 36.1 Å². The van der Waals surface area contributed by atoms with E-state index in [4.69, 9.17) is 23.2 Å². The van der Waals surface area contributed by atoms with Crippen molar-refractivity contribution in [2.75, 3.05) is 0 Å². The van der Waals surface area contributed by atoms with E-state index >= 15 is 0 Å². The molecule has 0 spiro atoms. The number of carbonyl (C=O) groups excluding carboxylic acids is 1. The van der Waals surface area contributed by atoms with Crippen LogP contribution in [0.3, 0.4) is 0 Å². The summed E-state index contributed by atoms with van der Waals surface area (Å²) in [6.07, 6.45) is 0.895. The van der Waals surface area contributed by atoms with Crippen LogP contribution in [0.25, 0.3) is 0 Å². The molecule has 96 valence electrons. The van der Waals surface area contributed by atoms with Crippen molar-refractivity contribution in [3.8, 4) is 0 Å². The van der Waals surface area contributed by atoms with E-state index in [2.05, 4.69) is 12.1 Å². The van der Waals surface area contributed by atoms with Gasteiger partial charge in [-0.2, -0.15) is 0 Å². The van der Waals surface area contributed by atoms with Crippen LogP contribution in [-0.2, 0) is 0 Å². The van der Waals surface area contributed by atoms with E-state index in [0.717, 1.165) is 6.42 Å². The molecule has 2 atom stereocenters. The van der Waals surface area contributed by atoms with Gasteiger partial charge in [0, 0.05) is 16.5 Å². The summed E-state index contributed by atoms with van der Waals surface area (Å²) in [6, 6.07) is 15.2. The van der Waals surface area contributed by atoms with Crippen molar-refractivity contribution >= 4 is 29.0 Å². The Labute approximate surface area is 122 Å². The van der Waals surface area contributed by atoms with Crippen molar-refractivity contribution in [3.05, 3.63) is 69.7 Å². The van der Waals surface area contributed by atoms with Crippen molar-refractivity contribution < 1.29 is 4.79 Å². The first kappa shape index (κ1) is 12.7. The Hall–Kier alpha value is -1.31. The van der Waals surface area contributed by atoms with Crippen LogP contribution in [0, 0.1) is 5.92 Å². The topological polar surface area (TPSA) is 17.1 Å². The molecule has 0 bridgehead atoms. The number of rotatable bonds is 3. The van der Waals surface area contributed by atoms with Crippen molar-refractivity contribution in [3.63, 3.8) is 0 Å². The summed E-state index contributed by atoms with van der Waals surface area (Å²) < 4.78 is 0. The second-order valence-corrected chi connectivity index (χ2v) is 5.69. The summed E-state index contributed by atoms with van der Waals surface area (Å²) in [7, 11) is 0. The smallest absolute Gasteiger partial charge is 0.168 e. The van der Waals surface area contributed by atoms with Crippen LogP contribution < -0.4 is 0 Å². The van der Waals surface area contributed by atoms with E-state index in [9.17, 15) is 4.79 Å². The predicted molar refractivity (Wildman–Crippen MR) is 78.1 cm³/mol. The molecule has 0 N–H and O–H groups in total. The highest BCUT2D eigenvalue weighted by atomic mass is 35.5. The van der Waals surface area contributed by atoms with Gasteiger partial charge in [-0.15, -0.1) is 0 Å². The van der Waals surface area contributed by atoms with Crippen LogP contribution in [0.4, 0.5) is 0 Å². The molecule has 0 saturated heterocycles. The Morgan fingerprint density at radius 1 is 1.05 bits per heavy atom. The Bertz CT molecular complexity index is 622. The summed E-state index contributed by atoms with van der Waals surface area (Å²) in [6.45, 7) is 0. The molecule has 1 fully saturated rings. The summed E-state index contributed by atoms with van der Waals surface area (Å²) in [5.74, 6) is 0.462. The molecule has 1 saturated carbocycles. The third-order valence-electron chi connectivity index (χ3n) is 3.55. The van der Waals surface area contributed by atoms with Gasteiger partial charge in [0.05, 0.1) is 5.02 Å². The van der Waals surface area contributed by atoms with E-state index in [1.54, 1.807) is 18.2 Å². The zero-order valence-corrected chi connectivity index (χ0v) is 11.7. The first-order valence-corrected chi connectivity index (χ1v) is 6.96. The maximum atomic E-state index is 12.4. The number of Topliss-reactive ketones (excluding diaryl/α,β-unsaturated/α-hetero) is 1. The highest BCUT2D eigenvalue weighted by Gasteiger charge is 2.44. The largest absolute Gasteiger partial charge is 0.294 e. The molecule has 3 heteroatoms. The Balaban J connectivity index is 1.82. The average molecular weight is 291 g/mol. The molecule has 1 aliphatic rings. The highest BCUT2D eigenvalue weighted by molar-refractivity contribution is 6.36. The molecule has 1 nitrogen and oxygen atoms in total. The molecule has 2 aromatic carbocycles. The van der Waals surface area contributed by atoms with Crippen LogP contribution >= 0.6 is 23.2 Å². The second-order valence-electron chi connectivity index (χ2n) is 4.85. The summed E-state index contributed by atoms with van der Waals surface area (Å²) in [4.78, 5) is 12.4. The molecule has 1 aliphatic carbocycles. The van der Waals surface area contributed by atoms with Gasteiger partial charge >= 0.3 is 0 Å². The van der Waals surface area contributed by atoms with Crippen LogP contribution in [0.2, 0.25) is 10.0 Å². The molecular formula is C16H12Cl2O. The summed E-state index contributed by atoms with van der Waals surface area (Å²) in [5, 5.41) is 1.03. The number of carbonyl (C=O) groups is 1. The first-order chi connectivity index (χ1) is 9.16. The number of hydrogen-bond acceptors (Lipinski definition) is 1. The minimum absolute atomic E-state index is 0.0402. The van der Waals surface area contributed by atoms with Crippen LogP contribution in [0.5, 0.6) is 0 Å². The van der Waals surface area contributed by atoms with E-state index in [-0.39, 0.29) is 11.7 Å². The van der Waals surface area contributed by atoms with E-state index in [1.807, 2.05) is 18.2 Å². The maximum absolute atomic E-state index is 12.4. The van der Waals surface area contributed by atoms with Gasteiger partial charge in [0.15, 0.2) is 5.78 Å². The van der Waals surface area contributed by atoms with Crippen molar-refractivity contribution in [1.29, 1.82) is 0 Å². The standard InChI is InChI=1S/C16H12Cl2O/c17-11-6-7-15(18)14(8-11)16(19)13-9-12(13)10-4-2-1-3-5-10/h1-8,12-13H,9H2. The molecule has 0 heterocycles. The van der Waals surface area contributed by atoms with Gasteiger partial charge in [0.1, 0.15) is 0 Å². The fourth-order valence-electron chi connectivity index (χ4n) is 2.44. The normalized spacial score (nSPS) is 21.2. The minimum Gasteiger partial charge on any atom is -0.294 e. The van der Waals surface area contributed by atoms with E-state index in [0.29, 0.717) is 21.5 Å². The van der Waals surface area contributed by atoms with Crippen LogP contribution in [0.15, 0.2) is 48.5 Å². The third kappa shape index (κ3) is 2.54. The average Bonchev–Trinajstić information content (AvgIpc) is 3.22. The predicted octanol–water partition coefficient (Wildman–Crippen LogP) is 4.98. The van der Waals surface area contributed by atoms with Gasteiger partial charge in [-0.25, -0.2) is 0 Å². The van der Waals surface area contributed by atoms with Gasteiger partial charge in [-0.1, -0.05) is 53.5 Å². The van der Waals surface area contributed by atoms with Crippen molar-refractivity contribution in [1.82, 2.24) is 0 Å². The fraction of sp³-hybridized carbons (Fsp3) is 0.188. The molecule has 0 radical (unpaired) electrons. The summed E-state index contributed by atoms with van der Waals surface area (Å²) >= 11 is 12.0. The van der Waals surface area contributed by atoms with Crippen LogP contribution in [0.1, 0.15) is 28.3 Å². The van der Waals surface area contributed by atoms with Gasteiger partial charge in [0.2, 0.25) is 0 Å². The van der Waals surface area contributed by atoms with Crippen LogP contribution in [-0.4, -0.2) is 5.78 Å². The molecule has 19 heavy (non-hydrogen) atoms. The van der Waals surface area contributed by atoms with Gasteiger partial charge in [-0.3, -0.25) is 4.79 Å². The molecule has 3 rings (SSSR count). The summed E-state index contributed by atoms with van der Waals surface area (Å²) in [5.41, 5.74) is 1.76. The third-order valence-corrected chi connectivity index (χ3v) is 4.11. The monoisotopic (exact) mass is 290 g/mol. The van der Waals surface area contributed by atoms with E-state index < -0.39 is 0 Å². The lowest BCUT2D eigenvalue weighted by Gasteiger charge is -2.04. The van der Waals surface area contributed by atoms with E-state index in [1.165, 1.54) is 5.56 Å². The molecule has 2 aromatic rings. The fourth-order valence-corrected chi connectivity index (χ4v) is 2.82. The van der Waals surface area contributed by atoms with Gasteiger partial charge < -0.3 is 0 Å².